The predicted molar refractivity (Wildman–Crippen MR) is 46.3 cm³/mol. The average Bonchev–Trinajstić information content (AvgIpc) is 2.76. The minimum Gasteiger partial charge on any atom is -0.381 e. The molecule has 0 aliphatic carbocycles. The Morgan fingerprint density at radius 3 is 3.23 bits per heavy atom. The van der Waals surface area contributed by atoms with Gasteiger partial charge in [-0.3, -0.25) is 0 Å². The number of hydrogen-bond acceptors (Lipinski definition) is 4. The quantitative estimate of drug-likeness (QED) is 0.668. The van der Waals surface area contributed by atoms with E-state index >= 15 is 0 Å². The monoisotopic (exact) mass is 202 g/mol. The fraction of sp³-hybridized carbons (Fsp3) is 0.857. The minimum atomic E-state index is 0.362. The van der Waals surface area contributed by atoms with Crippen molar-refractivity contribution in [2.75, 3.05) is 13.2 Å². The number of halogens is 1. The normalized spacial score (nSPS) is 22.4. The van der Waals surface area contributed by atoms with Crippen molar-refractivity contribution in [1.29, 1.82) is 0 Å². The first-order valence-electron chi connectivity index (χ1n) is 4.29. The Bertz CT molecular complexity index is 271. The Labute approximate surface area is 81.0 Å². The molecular weight excluding hydrogens is 192 g/mol. The van der Waals surface area contributed by atoms with Crippen molar-refractivity contribution in [2.45, 2.75) is 18.8 Å². The van der Waals surface area contributed by atoms with Crippen LogP contribution in [0.3, 0.4) is 0 Å². The van der Waals surface area contributed by atoms with E-state index in [0.717, 1.165) is 32.0 Å². The molecule has 1 aliphatic heterocycles. The SMILES string of the molecule is ClCc1nnnn1CC1CCOC1. The van der Waals surface area contributed by atoms with E-state index in [-0.39, 0.29) is 0 Å². The lowest BCUT2D eigenvalue weighted by Gasteiger charge is -2.07. The lowest BCUT2D eigenvalue weighted by Crippen LogP contribution is -2.14. The Morgan fingerprint density at radius 2 is 2.54 bits per heavy atom. The van der Waals surface area contributed by atoms with E-state index in [1.165, 1.54) is 0 Å². The molecule has 2 heterocycles. The van der Waals surface area contributed by atoms with E-state index < -0.39 is 0 Å². The summed E-state index contributed by atoms with van der Waals surface area (Å²) < 4.78 is 7.02. The number of rotatable bonds is 3. The van der Waals surface area contributed by atoms with Crippen LogP contribution in [0.25, 0.3) is 0 Å². The molecule has 13 heavy (non-hydrogen) atoms. The summed E-state index contributed by atoms with van der Waals surface area (Å²) in [6, 6.07) is 0. The van der Waals surface area contributed by atoms with Gasteiger partial charge >= 0.3 is 0 Å². The van der Waals surface area contributed by atoms with Gasteiger partial charge in [-0.25, -0.2) is 4.68 Å². The molecule has 72 valence electrons. The smallest absolute Gasteiger partial charge is 0.166 e. The van der Waals surface area contributed by atoms with Crippen LogP contribution in [0, 0.1) is 5.92 Å². The number of aromatic nitrogens is 4. The average molecular weight is 203 g/mol. The molecule has 5 nitrogen and oxygen atoms in total. The van der Waals surface area contributed by atoms with Crippen molar-refractivity contribution in [3.05, 3.63) is 5.82 Å². The van der Waals surface area contributed by atoms with Crippen LogP contribution in [-0.2, 0) is 17.2 Å². The first-order valence-corrected chi connectivity index (χ1v) is 4.82. The van der Waals surface area contributed by atoms with Crippen molar-refractivity contribution in [3.8, 4) is 0 Å². The molecule has 1 aromatic heterocycles. The van der Waals surface area contributed by atoms with Gasteiger partial charge in [-0.2, -0.15) is 0 Å². The summed E-state index contributed by atoms with van der Waals surface area (Å²) in [5.41, 5.74) is 0. The highest BCUT2D eigenvalue weighted by atomic mass is 35.5. The fourth-order valence-corrected chi connectivity index (χ4v) is 1.62. The number of ether oxygens (including phenoxy) is 1. The molecule has 0 amide bonds. The van der Waals surface area contributed by atoms with Crippen LogP contribution >= 0.6 is 11.6 Å². The molecule has 1 aromatic rings. The Balaban J connectivity index is 1.99. The van der Waals surface area contributed by atoms with Crippen LogP contribution in [0.1, 0.15) is 12.2 Å². The highest BCUT2D eigenvalue weighted by Crippen LogP contribution is 2.14. The zero-order valence-corrected chi connectivity index (χ0v) is 7.94. The number of alkyl halides is 1. The second kappa shape index (κ2) is 4.02. The van der Waals surface area contributed by atoms with Crippen molar-refractivity contribution in [2.24, 2.45) is 5.92 Å². The molecule has 0 spiro atoms. The van der Waals surface area contributed by atoms with Crippen LogP contribution < -0.4 is 0 Å². The van der Waals surface area contributed by atoms with Crippen molar-refractivity contribution >= 4 is 11.6 Å². The van der Waals surface area contributed by atoms with Gasteiger partial charge in [0.25, 0.3) is 0 Å². The van der Waals surface area contributed by atoms with Crippen molar-refractivity contribution in [1.82, 2.24) is 20.2 Å². The summed E-state index contributed by atoms with van der Waals surface area (Å²) in [5, 5.41) is 11.2. The van der Waals surface area contributed by atoms with Gasteiger partial charge in [0.2, 0.25) is 0 Å². The molecule has 1 saturated heterocycles. The van der Waals surface area contributed by atoms with E-state index in [1.807, 2.05) is 0 Å². The highest BCUT2D eigenvalue weighted by Gasteiger charge is 2.18. The van der Waals surface area contributed by atoms with E-state index in [4.69, 9.17) is 16.3 Å². The van der Waals surface area contributed by atoms with Gasteiger partial charge < -0.3 is 4.74 Å². The fourth-order valence-electron chi connectivity index (χ4n) is 1.43. The number of hydrogen-bond donors (Lipinski definition) is 0. The van der Waals surface area contributed by atoms with Crippen LogP contribution in [-0.4, -0.2) is 33.4 Å². The molecule has 1 fully saturated rings. The molecule has 6 heteroatoms. The van der Waals surface area contributed by atoms with Gasteiger partial charge in [-0.1, -0.05) is 0 Å². The lowest BCUT2D eigenvalue weighted by atomic mass is 10.1. The van der Waals surface area contributed by atoms with Crippen LogP contribution in [0.2, 0.25) is 0 Å². The summed E-state index contributed by atoms with van der Waals surface area (Å²) >= 11 is 5.66. The summed E-state index contributed by atoms with van der Waals surface area (Å²) in [4.78, 5) is 0. The topological polar surface area (TPSA) is 52.8 Å². The molecular formula is C7H11ClN4O. The molecule has 1 atom stereocenters. The van der Waals surface area contributed by atoms with Gasteiger partial charge in [0, 0.05) is 19.1 Å². The maximum absolute atomic E-state index is 5.66. The van der Waals surface area contributed by atoms with Gasteiger partial charge in [-0.05, 0) is 16.8 Å². The largest absolute Gasteiger partial charge is 0.381 e. The molecule has 0 N–H and O–H groups in total. The molecule has 0 aromatic carbocycles. The molecule has 0 bridgehead atoms. The minimum absolute atomic E-state index is 0.362. The first-order chi connectivity index (χ1) is 6.40. The number of nitrogens with zero attached hydrogens (tertiary/aromatic N) is 4. The zero-order chi connectivity index (χ0) is 9.10. The van der Waals surface area contributed by atoms with Crippen LogP contribution in [0.15, 0.2) is 0 Å². The van der Waals surface area contributed by atoms with Gasteiger partial charge in [0.05, 0.1) is 12.5 Å². The van der Waals surface area contributed by atoms with E-state index in [2.05, 4.69) is 15.5 Å². The Morgan fingerprint density at radius 1 is 1.62 bits per heavy atom. The molecule has 0 radical (unpaired) electrons. The summed E-state index contributed by atoms with van der Waals surface area (Å²) in [6.07, 6.45) is 1.08. The third kappa shape index (κ3) is 1.97. The van der Waals surface area contributed by atoms with Gasteiger partial charge in [0.1, 0.15) is 0 Å². The van der Waals surface area contributed by atoms with Gasteiger partial charge in [-0.15, -0.1) is 16.7 Å². The van der Waals surface area contributed by atoms with Crippen LogP contribution in [0.5, 0.6) is 0 Å². The third-order valence-corrected chi connectivity index (χ3v) is 2.42. The summed E-state index contributed by atoms with van der Waals surface area (Å²) in [6.45, 7) is 2.47. The predicted octanol–water partition coefficient (Wildman–Crippen LogP) is 0.448. The Kier molecular flexibility index (Phi) is 2.75. The molecule has 1 unspecified atom stereocenters. The summed E-state index contributed by atoms with van der Waals surface area (Å²) in [5.74, 6) is 1.62. The second-order valence-corrected chi connectivity index (χ2v) is 3.41. The molecule has 2 rings (SSSR count). The van der Waals surface area contributed by atoms with Crippen molar-refractivity contribution < 1.29 is 4.74 Å². The van der Waals surface area contributed by atoms with E-state index in [0.29, 0.717) is 11.8 Å². The Hall–Kier alpha value is -0.680. The molecule has 1 aliphatic rings. The highest BCUT2D eigenvalue weighted by molar-refractivity contribution is 6.16. The lowest BCUT2D eigenvalue weighted by molar-refractivity contribution is 0.181. The number of tetrazole rings is 1. The van der Waals surface area contributed by atoms with Gasteiger partial charge in [0.15, 0.2) is 5.82 Å². The van der Waals surface area contributed by atoms with Crippen molar-refractivity contribution in [3.63, 3.8) is 0 Å². The summed E-state index contributed by atoms with van der Waals surface area (Å²) in [7, 11) is 0. The molecule has 0 saturated carbocycles. The van der Waals surface area contributed by atoms with E-state index in [9.17, 15) is 0 Å². The second-order valence-electron chi connectivity index (χ2n) is 3.14. The maximum Gasteiger partial charge on any atom is 0.166 e. The maximum atomic E-state index is 5.66. The third-order valence-electron chi connectivity index (χ3n) is 2.18. The first kappa shape index (κ1) is 8.90. The zero-order valence-electron chi connectivity index (χ0n) is 7.19. The van der Waals surface area contributed by atoms with E-state index in [1.54, 1.807) is 4.68 Å². The van der Waals surface area contributed by atoms with Crippen LogP contribution in [0.4, 0.5) is 0 Å². The standard InChI is InChI=1S/C7H11ClN4O/c8-3-7-9-10-11-12(7)4-6-1-2-13-5-6/h6H,1-5H2.